The lowest BCUT2D eigenvalue weighted by Gasteiger charge is -2.35. The van der Waals surface area contributed by atoms with Gasteiger partial charge in [0, 0.05) is 89.6 Å². The molecule has 3 aromatic rings. The summed E-state index contributed by atoms with van der Waals surface area (Å²) in [5.74, 6) is -1.45. The molecule has 0 spiro atoms. The number of aliphatic hydroxyl groups excluding tert-OH is 1. The lowest BCUT2D eigenvalue weighted by Crippen LogP contribution is -2.57. The van der Waals surface area contributed by atoms with Crippen LogP contribution in [-0.2, 0) is 39.8 Å². The molecule has 1 unspecified atom stereocenters. The number of hydrogen-bond acceptors (Lipinski definition) is 14. The number of hydrogen-bond donors (Lipinski definition) is 3. The Morgan fingerprint density at radius 2 is 1.74 bits per heavy atom. The molecule has 2 saturated heterocycles. The number of aromatic nitrogens is 2. The highest BCUT2D eigenvalue weighted by molar-refractivity contribution is 7.13. The van der Waals surface area contributed by atoms with Crippen LogP contribution in [0.1, 0.15) is 77.8 Å². The fourth-order valence-corrected chi connectivity index (χ4v) is 9.45. The lowest BCUT2D eigenvalue weighted by atomic mass is 9.85. The van der Waals surface area contributed by atoms with Crippen molar-refractivity contribution in [2.45, 2.75) is 98.4 Å². The fourth-order valence-electron chi connectivity index (χ4n) is 8.63. The minimum Gasteiger partial charge on any atom is -0.391 e. The van der Waals surface area contributed by atoms with Crippen molar-refractivity contribution in [1.82, 2.24) is 30.0 Å². The highest BCUT2D eigenvalue weighted by Crippen LogP contribution is 2.30. The number of benzene rings is 1. The van der Waals surface area contributed by atoms with Crippen LogP contribution in [0, 0.1) is 12.3 Å². The molecule has 4 atom stereocenters. The number of allylic oxidation sites excluding steroid dienone is 3. The van der Waals surface area contributed by atoms with Crippen molar-refractivity contribution in [1.29, 1.82) is 0 Å². The van der Waals surface area contributed by atoms with Gasteiger partial charge in [-0.25, -0.2) is 4.98 Å². The number of primary amides is 1. The number of rotatable bonds is 26. The van der Waals surface area contributed by atoms with E-state index < -0.39 is 41.3 Å². The maximum Gasteiger partial charge on any atom is 0.248 e. The van der Waals surface area contributed by atoms with Gasteiger partial charge in [0.1, 0.15) is 12.6 Å². The number of aliphatic hydroxyl groups is 1. The number of ketones is 1. The van der Waals surface area contributed by atoms with Gasteiger partial charge in [0.2, 0.25) is 17.7 Å². The molecule has 382 valence electrons. The zero-order valence-electron chi connectivity index (χ0n) is 42.5. The normalized spacial score (nSPS) is 18.1. The van der Waals surface area contributed by atoms with Gasteiger partial charge in [-0.3, -0.25) is 29.1 Å². The van der Waals surface area contributed by atoms with Gasteiger partial charge in [0.25, 0.3) is 0 Å². The molecule has 0 saturated carbocycles. The van der Waals surface area contributed by atoms with Crippen molar-refractivity contribution < 1.29 is 38.5 Å². The second-order valence-corrected chi connectivity index (χ2v) is 19.9. The van der Waals surface area contributed by atoms with Crippen molar-refractivity contribution >= 4 is 46.1 Å². The second kappa shape index (κ2) is 27.3. The van der Waals surface area contributed by atoms with Crippen LogP contribution in [0.15, 0.2) is 78.1 Å². The number of amides is 3. The molecule has 5 rings (SSSR count). The standard InChI is InChI=1S/C53H76N8O8S/c1-9-40(51(54)65)31-42(19-21-59(10-2)37(3)20-27-67-8)45-17-16-43(33-55-45)60-24-22-58(23-25-60)26-28-68-29-30-69-35-48(64)57-50(53(5,6)7)52(66)61-34-44(62)32-46(61)47(63)18-13-39-11-14-41(15-12-39)49-38(4)56-36-70-49/h9,11-12,14-17,19,21,31,33,36-37,44,46,50,62H,10,13,18,20,22-30,32,34-35H2,1-8H3,(H2,54,65)(H,57,64)/b21-19+,40-9-,42-31+/t37?,44-,46+,50-/m1/s1. The Morgan fingerprint density at radius 3 is 2.36 bits per heavy atom. The first-order valence-corrected chi connectivity index (χ1v) is 25.4. The Balaban J connectivity index is 1.02. The van der Waals surface area contributed by atoms with E-state index in [0.717, 1.165) is 84.3 Å². The molecule has 17 heteroatoms. The summed E-state index contributed by atoms with van der Waals surface area (Å²) in [5.41, 5.74) is 12.8. The average molecular weight is 985 g/mol. The molecular formula is C53H76N8O8S. The largest absolute Gasteiger partial charge is 0.391 e. The number of carbonyl (C=O) groups is 4. The number of likely N-dealkylation sites (tertiary alicyclic amines) is 1. The first-order chi connectivity index (χ1) is 33.5. The molecule has 2 aromatic heterocycles. The third kappa shape index (κ3) is 16.4. The molecule has 4 N–H and O–H groups in total. The van der Waals surface area contributed by atoms with Crippen molar-refractivity contribution in [3.05, 3.63) is 95.1 Å². The molecule has 2 aliphatic rings. The van der Waals surface area contributed by atoms with E-state index in [4.69, 9.17) is 24.9 Å². The van der Waals surface area contributed by atoms with E-state index >= 15 is 0 Å². The number of pyridine rings is 1. The number of carbonyl (C=O) groups excluding carboxylic acids is 4. The van der Waals surface area contributed by atoms with Gasteiger partial charge >= 0.3 is 0 Å². The topological polar surface area (TPSA) is 193 Å². The third-order valence-electron chi connectivity index (χ3n) is 12.9. The fraction of sp³-hybridized carbons (Fsp3) is 0.547. The molecule has 2 fully saturated rings. The lowest BCUT2D eigenvalue weighted by molar-refractivity contribution is -0.144. The summed E-state index contributed by atoms with van der Waals surface area (Å²) in [5, 5.41) is 13.5. The molecule has 3 amide bonds. The Morgan fingerprint density at radius 1 is 1.01 bits per heavy atom. The van der Waals surface area contributed by atoms with Crippen LogP contribution in [0.4, 0.5) is 5.69 Å². The Kier molecular flexibility index (Phi) is 21.7. The van der Waals surface area contributed by atoms with Gasteiger partial charge in [-0.15, -0.1) is 11.3 Å². The quantitative estimate of drug-likeness (QED) is 0.0524. The van der Waals surface area contributed by atoms with Gasteiger partial charge in [0.15, 0.2) is 5.78 Å². The Bertz CT molecular complexity index is 2250. The maximum absolute atomic E-state index is 14.0. The number of nitrogens with two attached hydrogens (primary N) is 1. The summed E-state index contributed by atoms with van der Waals surface area (Å²) in [6.07, 6.45) is 10.3. The van der Waals surface area contributed by atoms with E-state index in [-0.39, 0.29) is 44.4 Å². The van der Waals surface area contributed by atoms with Gasteiger partial charge in [0.05, 0.1) is 65.6 Å². The van der Waals surface area contributed by atoms with Crippen LogP contribution in [0.3, 0.4) is 0 Å². The maximum atomic E-state index is 14.0. The SMILES string of the molecule is C/C=C(/C=C(\C=C\N(CC)C(C)CCOC)c1ccc(N2CCN(CCOCCOCC(=O)N[C@H](C(=O)N3C[C@H](O)C[C@H]3C(=O)CCc3ccc(-c4scnc4C)cc3)C(C)(C)C)CC2)cn1)C(N)=O. The summed E-state index contributed by atoms with van der Waals surface area (Å²) in [6, 6.07) is 10.7. The summed E-state index contributed by atoms with van der Waals surface area (Å²) >= 11 is 1.59. The third-order valence-corrected chi connectivity index (χ3v) is 13.9. The van der Waals surface area contributed by atoms with Gasteiger partial charge < -0.3 is 45.1 Å². The van der Waals surface area contributed by atoms with E-state index in [1.165, 1.54) is 4.90 Å². The summed E-state index contributed by atoms with van der Waals surface area (Å²) < 4.78 is 16.8. The Labute approximate surface area is 418 Å². The summed E-state index contributed by atoms with van der Waals surface area (Å²) in [4.78, 5) is 71.4. The minimum atomic E-state index is -0.930. The van der Waals surface area contributed by atoms with Crippen LogP contribution in [0.5, 0.6) is 0 Å². The van der Waals surface area contributed by atoms with Crippen molar-refractivity contribution in [3.8, 4) is 10.4 Å². The number of ether oxygens (including phenoxy) is 3. The number of piperazine rings is 1. The van der Waals surface area contributed by atoms with E-state index in [2.05, 4.69) is 44.9 Å². The Hall–Kier alpha value is -5.30. The first kappa shape index (κ1) is 55.6. The second-order valence-electron chi connectivity index (χ2n) is 19.1. The zero-order chi connectivity index (χ0) is 50.8. The van der Waals surface area contributed by atoms with E-state index in [1.807, 2.05) is 82.0 Å². The zero-order valence-corrected chi connectivity index (χ0v) is 43.3. The summed E-state index contributed by atoms with van der Waals surface area (Å²) in [7, 11) is 1.71. The highest BCUT2D eigenvalue weighted by atomic mass is 32.1. The molecule has 70 heavy (non-hydrogen) atoms. The number of Topliss-reactive ketones (excluding diaryl/α,β-unsaturated/α-hetero) is 1. The van der Waals surface area contributed by atoms with Gasteiger partial charge in [-0.05, 0) is 87.6 Å². The molecule has 1 aromatic carbocycles. The number of thiazole rings is 1. The predicted octanol–water partition coefficient (Wildman–Crippen LogP) is 5.44. The number of aryl methyl sites for hydroxylation is 2. The highest BCUT2D eigenvalue weighted by Gasteiger charge is 2.44. The van der Waals surface area contributed by atoms with Crippen LogP contribution in [-0.4, -0.2) is 163 Å². The molecule has 0 radical (unpaired) electrons. The molecule has 0 bridgehead atoms. The average Bonchev–Trinajstić information content (AvgIpc) is 3.97. The molecule has 16 nitrogen and oxygen atoms in total. The van der Waals surface area contributed by atoms with Gasteiger partial charge in [-0.2, -0.15) is 0 Å². The number of methoxy groups -OCH3 is 1. The monoisotopic (exact) mass is 985 g/mol. The van der Waals surface area contributed by atoms with Gasteiger partial charge in [-0.1, -0.05) is 51.1 Å². The van der Waals surface area contributed by atoms with Crippen LogP contribution in [0.2, 0.25) is 0 Å². The molecule has 4 heterocycles. The smallest absolute Gasteiger partial charge is 0.248 e. The number of β-amino-alcohol motifs (C(OH)–C–C–N with tert-alkyl or cyclic N) is 1. The van der Waals surface area contributed by atoms with Crippen molar-refractivity contribution in [3.63, 3.8) is 0 Å². The van der Waals surface area contributed by atoms with E-state index in [9.17, 15) is 24.3 Å². The van der Waals surface area contributed by atoms with Crippen LogP contribution in [0.25, 0.3) is 16.0 Å². The van der Waals surface area contributed by atoms with Crippen LogP contribution < -0.4 is 16.0 Å². The number of nitrogens with zero attached hydrogens (tertiary/aromatic N) is 6. The molecule has 2 aliphatic heterocycles. The van der Waals surface area contributed by atoms with E-state index in [0.29, 0.717) is 31.8 Å². The molecular weight excluding hydrogens is 909 g/mol. The first-order valence-electron chi connectivity index (χ1n) is 24.5. The number of anilines is 1. The molecule has 0 aliphatic carbocycles. The minimum absolute atomic E-state index is 0.0291. The van der Waals surface area contributed by atoms with Crippen LogP contribution >= 0.6 is 11.3 Å². The predicted molar refractivity (Wildman–Crippen MR) is 276 cm³/mol. The van der Waals surface area contributed by atoms with Crippen molar-refractivity contribution in [2.75, 3.05) is 90.9 Å². The number of nitrogens with one attached hydrogen (secondary N) is 1. The van der Waals surface area contributed by atoms with Crippen molar-refractivity contribution in [2.24, 2.45) is 11.1 Å². The summed E-state index contributed by atoms with van der Waals surface area (Å²) in [6.45, 7) is 20.0. The van der Waals surface area contributed by atoms with E-state index in [1.54, 1.807) is 37.5 Å².